The molecule has 0 fully saturated rings. The van der Waals surface area contributed by atoms with E-state index in [-0.39, 0.29) is 24.1 Å². The molecule has 0 aliphatic carbocycles. The second-order valence-electron chi connectivity index (χ2n) is 11.5. The number of carbonyl (C=O) groups is 2. The maximum atomic E-state index is 13.3. The molecule has 2 unspecified atom stereocenters. The number of carbonyl (C=O) groups excluding carboxylic acids is 2. The molecular weight excluding hydrogens is 468 g/mol. The molecule has 4 rings (SSSR count). The smallest absolute Gasteiger partial charge is 0.410 e. The van der Waals surface area contributed by atoms with Gasteiger partial charge in [-0.05, 0) is 42.7 Å². The van der Waals surface area contributed by atoms with E-state index in [0.717, 1.165) is 28.7 Å². The van der Waals surface area contributed by atoms with Crippen LogP contribution in [-0.4, -0.2) is 65.4 Å². The average Bonchev–Trinajstić information content (AvgIpc) is 3.13. The number of amides is 2. The van der Waals surface area contributed by atoms with Crippen molar-refractivity contribution in [3.63, 3.8) is 0 Å². The van der Waals surface area contributed by atoms with Crippen LogP contribution in [-0.2, 0) is 22.4 Å². The molecule has 1 aromatic heterocycles. The lowest BCUT2D eigenvalue weighted by Gasteiger charge is -2.41. The second-order valence-corrected chi connectivity index (χ2v) is 17.1. The Labute approximate surface area is 216 Å². The molecule has 1 aromatic carbocycles. The maximum absolute atomic E-state index is 13.3. The highest BCUT2D eigenvalue weighted by atomic mass is 28.3. The van der Waals surface area contributed by atoms with Crippen molar-refractivity contribution in [1.82, 2.24) is 19.6 Å². The molecule has 36 heavy (non-hydrogen) atoms. The molecule has 0 spiro atoms. The fourth-order valence-corrected chi connectivity index (χ4v) is 5.99. The Morgan fingerprint density at radius 1 is 1.14 bits per heavy atom. The summed E-state index contributed by atoms with van der Waals surface area (Å²) in [4.78, 5) is 29.7. The standard InChI is InChI=1S/C28H40N4O3Si/c1-8-25(33)30-15-13-23-26-24(32(29-23)22-11-9-21(10-12-22)19(2)3)14-16-31(27(26)20(30)4)28(34)35-17-18-36(5,6)7/h8-12,19-20,27H,1,13-18H2,2-7H3. The minimum atomic E-state index is -1.33. The molecular formula is C28H40N4O3Si. The van der Waals surface area contributed by atoms with Gasteiger partial charge in [0, 0.05) is 39.6 Å². The molecule has 0 saturated heterocycles. The lowest BCUT2D eigenvalue weighted by molar-refractivity contribution is -0.129. The van der Waals surface area contributed by atoms with E-state index < -0.39 is 8.07 Å². The van der Waals surface area contributed by atoms with Gasteiger partial charge in [0.05, 0.1) is 35.8 Å². The van der Waals surface area contributed by atoms with Crippen LogP contribution < -0.4 is 0 Å². The molecule has 2 atom stereocenters. The van der Waals surface area contributed by atoms with Crippen LogP contribution in [0.25, 0.3) is 5.69 Å². The van der Waals surface area contributed by atoms with E-state index >= 15 is 0 Å². The van der Waals surface area contributed by atoms with Crippen LogP contribution >= 0.6 is 0 Å². The summed E-state index contributed by atoms with van der Waals surface area (Å²) in [5.41, 5.74) is 5.47. The Bertz CT molecular complexity index is 1130. The summed E-state index contributed by atoms with van der Waals surface area (Å²) in [6.07, 6.45) is 2.38. The monoisotopic (exact) mass is 508 g/mol. The predicted octanol–water partition coefficient (Wildman–Crippen LogP) is 5.33. The predicted molar refractivity (Wildman–Crippen MR) is 145 cm³/mol. The van der Waals surface area contributed by atoms with Crippen molar-refractivity contribution in [2.24, 2.45) is 0 Å². The first-order valence-electron chi connectivity index (χ1n) is 13.1. The summed E-state index contributed by atoms with van der Waals surface area (Å²) >= 11 is 0. The van der Waals surface area contributed by atoms with Crippen molar-refractivity contribution >= 4 is 20.1 Å². The Morgan fingerprint density at radius 3 is 2.42 bits per heavy atom. The Kier molecular flexibility index (Phi) is 7.45. The number of hydrogen-bond acceptors (Lipinski definition) is 4. The molecule has 3 heterocycles. The summed E-state index contributed by atoms with van der Waals surface area (Å²) < 4.78 is 7.83. The first-order valence-corrected chi connectivity index (χ1v) is 16.8. The summed E-state index contributed by atoms with van der Waals surface area (Å²) in [7, 11) is -1.33. The second kappa shape index (κ2) is 10.2. The van der Waals surface area contributed by atoms with E-state index in [4.69, 9.17) is 9.84 Å². The van der Waals surface area contributed by atoms with Crippen molar-refractivity contribution < 1.29 is 14.3 Å². The molecule has 0 saturated carbocycles. The lowest BCUT2D eigenvalue weighted by Crippen LogP contribution is -2.50. The van der Waals surface area contributed by atoms with Crippen molar-refractivity contribution in [3.8, 4) is 5.69 Å². The number of ether oxygens (including phenoxy) is 1. The molecule has 0 bridgehead atoms. The molecule has 194 valence electrons. The quantitative estimate of drug-likeness (QED) is 0.391. The Balaban J connectivity index is 1.72. The third-order valence-corrected chi connectivity index (χ3v) is 9.14. The van der Waals surface area contributed by atoms with E-state index in [1.165, 1.54) is 11.6 Å². The van der Waals surface area contributed by atoms with Crippen molar-refractivity contribution in [2.75, 3.05) is 19.7 Å². The van der Waals surface area contributed by atoms with Crippen molar-refractivity contribution in [1.29, 1.82) is 0 Å². The molecule has 2 aliphatic heterocycles. The van der Waals surface area contributed by atoms with Gasteiger partial charge in [-0.25, -0.2) is 9.48 Å². The lowest BCUT2D eigenvalue weighted by atomic mass is 9.91. The van der Waals surface area contributed by atoms with Crippen LogP contribution in [0.2, 0.25) is 25.7 Å². The molecule has 2 amide bonds. The molecule has 2 aliphatic rings. The van der Waals surface area contributed by atoms with Crippen LogP contribution in [0, 0.1) is 0 Å². The fraction of sp³-hybridized carbons (Fsp3) is 0.536. The molecule has 0 N–H and O–H groups in total. The van der Waals surface area contributed by atoms with Crippen LogP contribution in [0.5, 0.6) is 0 Å². The van der Waals surface area contributed by atoms with E-state index in [9.17, 15) is 9.59 Å². The molecule has 8 heteroatoms. The van der Waals surface area contributed by atoms with E-state index in [2.05, 4.69) is 64.3 Å². The average molecular weight is 509 g/mol. The zero-order chi connectivity index (χ0) is 26.2. The van der Waals surface area contributed by atoms with Gasteiger partial charge in [-0.1, -0.05) is 52.2 Å². The summed E-state index contributed by atoms with van der Waals surface area (Å²) in [6, 6.07) is 8.97. The normalized spacial score (nSPS) is 19.6. The van der Waals surface area contributed by atoms with E-state index in [1.54, 1.807) is 0 Å². The fourth-order valence-electron chi connectivity index (χ4n) is 5.28. The summed E-state index contributed by atoms with van der Waals surface area (Å²) in [6.45, 7) is 18.4. The Hall–Kier alpha value is -2.87. The zero-order valence-electron chi connectivity index (χ0n) is 22.6. The number of rotatable bonds is 6. The van der Waals surface area contributed by atoms with Crippen LogP contribution in [0.4, 0.5) is 4.79 Å². The van der Waals surface area contributed by atoms with Gasteiger partial charge in [0.2, 0.25) is 5.91 Å². The number of nitrogens with zero attached hydrogens (tertiary/aromatic N) is 4. The highest BCUT2D eigenvalue weighted by Gasteiger charge is 2.44. The zero-order valence-corrected chi connectivity index (χ0v) is 23.6. The van der Waals surface area contributed by atoms with Gasteiger partial charge >= 0.3 is 6.09 Å². The van der Waals surface area contributed by atoms with Gasteiger partial charge in [-0.3, -0.25) is 9.69 Å². The van der Waals surface area contributed by atoms with Gasteiger partial charge in [0.1, 0.15) is 0 Å². The SMILES string of the molecule is C=CC(=O)N1CCc2nn(-c3ccc(C(C)C)cc3)c3c2C(C1C)N(C(=O)OCC[Si](C)(C)C)CC3. The maximum Gasteiger partial charge on any atom is 0.410 e. The van der Waals surface area contributed by atoms with Gasteiger partial charge < -0.3 is 9.64 Å². The van der Waals surface area contributed by atoms with Gasteiger partial charge in [0.15, 0.2) is 0 Å². The Morgan fingerprint density at radius 2 is 1.81 bits per heavy atom. The van der Waals surface area contributed by atoms with Gasteiger partial charge in [0.25, 0.3) is 0 Å². The molecule has 0 radical (unpaired) electrons. The highest BCUT2D eigenvalue weighted by molar-refractivity contribution is 6.76. The van der Waals surface area contributed by atoms with Crippen LogP contribution in [0.3, 0.4) is 0 Å². The summed E-state index contributed by atoms with van der Waals surface area (Å²) in [5.74, 6) is 0.342. The summed E-state index contributed by atoms with van der Waals surface area (Å²) in [5, 5.41) is 5.04. The topological polar surface area (TPSA) is 67.7 Å². The molecule has 7 nitrogen and oxygen atoms in total. The van der Waals surface area contributed by atoms with E-state index in [0.29, 0.717) is 38.5 Å². The van der Waals surface area contributed by atoms with Crippen LogP contribution in [0.15, 0.2) is 36.9 Å². The highest BCUT2D eigenvalue weighted by Crippen LogP contribution is 2.40. The third kappa shape index (κ3) is 5.14. The minimum Gasteiger partial charge on any atom is -0.450 e. The van der Waals surface area contributed by atoms with Crippen molar-refractivity contribution in [3.05, 3.63) is 59.4 Å². The minimum absolute atomic E-state index is 0.121. The van der Waals surface area contributed by atoms with Crippen LogP contribution in [0.1, 0.15) is 55.2 Å². The van der Waals surface area contributed by atoms with Gasteiger partial charge in [-0.15, -0.1) is 0 Å². The number of aromatic nitrogens is 2. The van der Waals surface area contributed by atoms with Crippen molar-refractivity contribution in [2.45, 2.75) is 77.3 Å². The number of hydrogen-bond donors (Lipinski definition) is 0. The third-order valence-electron chi connectivity index (χ3n) is 7.43. The largest absolute Gasteiger partial charge is 0.450 e. The number of benzene rings is 1. The molecule has 2 aromatic rings. The van der Waals surface area contributed by atoms with E-state index in [1.807, 2.05) is 21.4 Å². The first-order chi connectivity index (χ1) is 17.0. The van der Waals surface area contributed by atoms with Gasteiger partial charge in [-0.2, -0.15) is 5.10 Å². The first kappa shape index (κ1) is 26.2.